The van der Waals surface area contributed by atoms with Crippen molar-refractivity contribution in [3.8, 4) is 0 Å². The molecular formula is C12H23N5O2. The Morgan fingerprint density at radius 3 is 3.21 bits per heavy atom. The summed E-state index contributed by atoms with van der Waals surface area (Å²) in [7, 11) is 1.69. The van der Waals surface area contributed by atoms with Gasteiger partial charge in [-0.2, -0.15) is 0 Å². The lowest BCUT2D eigenvalue weighted by molar-refractivity contribution is 0.182. The maximum Gasteiger partial charge on any atom is 0.167 e. The fraction of sp³-hybridized carbons (Fsp3) is 0.917. The fourth-order valence-corrected chi connectivity index (χ4v) is 2.27. The smallest absolute Gasteiger partial charge is 0.167 e. The molecule has 0 saturated carbocycles. The van der Waals surface area contributed by atoms with E-state index in [2.05, 4.69) is 27.8 Å². The summed E-state index contributed by atoms with van der Waals surface area (Å²) in [6.45, 7) is 6.16. The Kier molecular flexibility index (Phi) is 5.68. The zero-order chi connectivity index (χ0) is 13.5. The van der Waals surface area contributed by atoms with Crippen molar-refractivity contribution in [2.24, 2.45) is 5.92 Å². The lowest BCUT2D eigenvalue weighted by atomic mass is 10.1. The van der Waals surface area contributed by atoms with Crippen molar-refractivity contribution in [2.45, 2.75) is 32.4 Å². The minimum atomic E-state index is 0.130. The molecule has 0 radical (unpaired) electrons. The number of ether oxygens (including phenoxy) is 2. The van der Waals surface area contributed by atoms with Crippen LogP contribution in [-0.4, -0.2) is 53.7 Å². The molecule has 108 valence electrons. The van der Waals surface area contributed by atoms with Crippen molar-refractivity contribution in [3.05, 3.63) is 5.82 Å². The number of hydrogen-bond donors (Lipinski definition) is 1. The molecular weight excluding hydrogens is 246 g/mol. The minimum Gasteiger partial charge on any atom is -0.383 e. The third kappa shape index (κ3) is 4.22. The Hall–Kier alpha value is -1.05. The molecule has 2 rings (SSSR count). The van der Waals surface area contributed by atoms with Crippen molar-refractivity contribution in [2.75, 3.05) is 33.5 Å². The lowest BCUT2D eigenvalue weighted by Gasteiger charge is -2.14. The predicted molar refractivity (Wildman–Crippen MR) is 69.7 cm³/mol. The standard InChI is InChI=1S/C12H23N5O2/c1-10(13-5-8-18-2)12-14-15-16-17(12)6-3-11-4-7-19-9-11/h10-11,13H,3-9H2,1-2H3. The first-order valence-electron chi connectivity index (χ1n) is 6.87. The first-order valence-corrected chi connectivity index (χ1v) is 6.87. The third-order valence-electron chi connectivity index (χ3n) is 3.48. The fourth-order valence-electron chi connectivity index (χ4n) is 2.27. The van der Waals surface area contributed by atoms with E-state index in [1.54, 1.807) is 7.11 Å². The number of nitrogens with zero attached hydrogens (tertiary/aromatic N) is 4. The molecule has 0 aromatic carbocycles. The van der Waals surface area contributed by atoms with E-state index in [9.17, 15) is 0 Å². The van der Waals surface area contributed by atoms with E-state index in [1.807, 2.05) is 4.68 Å². The van der Waals surface area contributed by atoms with Gasteiger partial charge >= 0.3 is 0 Å². The average molecular weight is 269 g/mol. The maximum atomic E-state index is 5.38. The van der Waals surface area contributed by atoms with Crippen LogP contribution in [0.25, 0.3) is 0 Å². The highest BCUT2D eigenvalue weighted by Gasteiger charge is 2.18. The highest BCUT2D eigenvalue weighted by Crippen LogP contribution is 2.17. The molecule has 1 aromatic heterocycles. The van der Waals surface area contributed by atoms with Gasteiger partial charge < -0.3 is 14.8 Å². The van der Waals surface area contributed by atoms with Gasteiger partial charge in [0.15, 0.2) is 5.82 Å². The second-order valence-corrected chi connectivity index (χ2v) is 4.95. The second-order valence-electron chi connectivity index (χ2n) is 4.95. The van der Waals surface area contributed by atoms with Crippen LogP contribution in [0.5, 0.6) is 0 Å². The summed E-state index contributed by atoms with van der Waals surface area (Å²) in [5.41, 5.74) is 0. The molecule has 1 aromatic rings. The number of aryl methyl sites for hydroxylation is 1. The van der Waals surface area contributed by atoms with Crippen LogP contribution in [0.4, 0.5) is 0 Å². The van der Waals surface area contributed by atoms with Gasteiger partial charge in [-0.05, 0) is 36.1 Å². The van der Waals surface area contributed by atoms with Gasteiger partial charge in [0.2, 0.25) is 0 Å². The van der Waals surface area contributed by atoms with Gasteiger partial charge in [0, 0.05) is 33.4 Å². The Balaban J connectivity index is 1.81. The third-order valence-corrected chi connectivity index (χ3v) is 3.48. The van der Waals surface area contributed by atoms with Crippen LogP contribution >= 0.6 is 0 Å². The van der Waals surface area contributed by atoms with Crippen LogP contribution in [0.3, 0.4) is 0 Å². The molecule has 2 heterocycles. The Labute approximate surface area is 113 Å². The molecule has 1 saturated heterocycles. The number of tetrazole rings is 1. The minimum absolute atomic E-state index is 0.130. The van der Waals surface area contributed by atoms with Crippen LogP contribution < -0.4 is 5.32 Å². The molecule has 0 bridgehead atoms. The number of methoxy groups -OCH3 is 1. The van der Waals surface area contributed by atoms with Crippen molar-refractivity contribution in [3.63, 3.8) is 0 Å². The molecule has 2 unspecified atom stereocenters. The first kappa shape index (κ1) is 14.4. The Bertz CT molecular complexity index is 365. The van der Waals surface area contributed by atoms with Crippen LogP contribution in [0.15, 0.2) is 0 Å². The SMILES string of the molecule is COCCNC(C)c1nnnn1CCC1CCOC1. The largest absolute Gasteiger partial charge is 0.383 e. The molecule has 19 heavy (non-hydrogen) atoms. The van der Waals surface area contributed by atoms with Gasteiger partial charge in [-0.15, -0.1) is 5.10 Å². The highest BCUT2D eigenvalue weighted by atomic mass is 16.5. The molecule has 1 N–H and O–H groups in total. The number of nitrogens with one attached hydrogen (secondary N) is 1. The van der Waals surface area contributed by atoms with Crippen molar-refractivity contribution in [1.29, 1.82) is 0 Å². The summed E-state index contributed by atoms with van der Waals surface area (Å²) in [4.78, 5) is 0. The summed E-state index contributed by atoms with van der Waals surface area (Å²) in [5.74, 6) is 1.53. The van der Waals surface area contributed by atoms with Crippen molar-refractivity contribution >= 4 is 0 Å². The summed E-state index contributed by atoms with van der Waals surface area (Å²) in [5, 5.41) is 15.3. The quantitative estimate of drug-likeness (QED) is 0.688. The average Bonchev–Trinajstić information content (AvgIpc) is 3.07. The number of rotatable bonds is 8. The monoisotopic (exact) mass is 269 g/mol. The molecule has 1 aliphatic heterocycles. The highest BCUT2D eigenvalue weighted by molar-refractivity contribution is 4.89. The van der Waals surface area contributed by atoms with E-state index in [4.69, 9.17) is 9.47 Å². The van der Waals surface area contributed by atoms with E-state index in [-0.39, 0.29) is 6.04 Å². The van der Waals surface area contributed by atoms with E-state index >= 15 is 0 Å². The Morgan fingerprint density at radius 2 is 2.47 bits per heavy atom. The van der Waals surface area contributed by atoms with Gasteiger partial charge in [0.05, 0.1) is 12.6 Å². The summed E-state index contributed by atoms with van der Waals surface area (Å²) in [6, 6.07) is 0.130. The predicted octanol–water partition coefficient (Wildman–Crippen LogP) is 0.397. The molecule has 2 atom stereocenters. The lowest BCUT2D eigenvalue weighted by Crippen LogP contribution is -2.26. The number of hydrogen-bond acceptors (Lipinski definition) is 6. The molecule has 7 nitrogen and oxygen atoms in total. The zero-order valence-corrected chi connectivity index (χ0v) is 11.7. The molecule has 7 heteroatoms. The molecule has 0 amide bonds. The van der Waals surface area contributed by atoms with Crippen LogP contribution in [0.2, 0.25) is 0 Å². The maximum absolute atomic E-state index is 5.38. The van der Waals surface area contributed by atoms with E-state index in [0.29, 0.717) is 12.5 Å². The van der Waals surface area contributed by atoms with Gasteiger partial charge in [0.25, 0.3) is 0 Å². The van der Waals surface area contributed by atoms with Crippen molar-refractivity contribution in [1.82, 2.24) is 25.5 Å². The summed E-state index contributed by atoms with van der Waals surface area (Å²) in [6.07, 6.45) is 2.22. The van der Waals surface area contributed by atoms with E-state index in [1.165, 1.54) is 0 Å². The molecule has 1 aliphatic rings. The normalized spacial score (nSPS) is 20.8. The summed E-state index contributed by atoms with van der Waals surface area (Å²) >= 11 is 0. The van der Waals surface area contributed by atoms with Gasteiger partial charge in [-0.3, -0.25) is 0 Å². The zero-order valence-electron chi connectivity index (χ0n) is 11.7. The van der Waals surface area contributed by atoms with Crippen molar-refractivity contribution < 1.29 is 9.47 Å². The van der Waals surface area contributed by atoms with Gasteiger partial charge in [-0.25, -0.2) is 4.68 Å². The molecule has 1 fully saturated rings. The van der Waals surface area contributed by atoms with E-state index < -0.39 is 0 Å². The topological polar surface area (TPSA) is 74.1 Å². The number of aromatic nitrogens is 4. The van der Waals surface area contributed by atoms with Crippen LogP contribution in [0.1, 0.15) is 31.6 Å². The first-order chi connectivity index (χ1) is 9.31. The van der Waals surface area contributed by atoms with Gasteiger partial charge in [0.1, 0.15) is 0 Å². The molecule has 0 aliphatic carbocycles. The molecule has 0 spiro atoms. The van der Waals surface area contributed by atoms with Crippen LogP contribution in [0, 0.1) is 5.92 Å². The van der Waals surface area contributed by atoms with Gasteiger partial charge in [-0.1, -0.05) is 0 Å². The Morgan fingerprint density at radius 1 is 1.58 bits per heavy atom. The summed E-state index contributed by atoms with van der Waals surface area (Å²) < 4.78 is 12.3. The van der Waals surface area contributed by atoms with E-state index in [0.717, 1.165) is 45.0 Å². The van der Waals surface area contributed by atoms with Crippen LogP contribution in [-0.2, 0) is 16.0 Å². The second kappa shape index (κ2) is 7.52.